The van der Waals surface area contributed by atoms with E-state index < -0.39 is 116 Å². The van der Waals surface area contributed by atoms with E-state index in [1.165, 1.54) is 28.1 Å². The van der Waals surface area contributed by atoms with Crippen LogP contribution in [0.5, 0.6) is 23.0 Å². The smallest absolute Gasteiger partial charge is 0.308 e. The summed E-state index contributed by atoms with van der Waals surface area (Å²) in [4.78, 5) is 86.2. The summed E-state index contributed by atoms with van der Waals surface area (Å²) in [5, 5.41) is 0. The van der Waals surface area contributed by atoms with Crippen molar-refractivity contribution in [2.24, 2.45) is 11.8 Å². The molecule has 68 heavy (non-hydrogen) atoms. The molecule has 2 aromatic rings. The van der Waals surface area contributed by atoms with Crippen LogP contribution in [0.25, 0.3) is 0 Å². The second kappa shape index (κ2) is 22.4. The molecule has 0 bridgehead atoms. The molecule has 4 heterocycles. The Morgan fingerprint density at radius 1 is 0.500 bits per heavy atom. The van der Waals surface area contributed by atoms with E-state index in [9.17, 15) is 33.6 Å². The van der Waals surface area contributed by atoms with Crippen LogP contribution >= 0.6 is 0 Å². The molecule has 0 amide bonds. The Bertz CT molecular complexity index is 2190. The predicted octanol–water partition coefficient (Wildman–Crippen LogP) is 3.16. The van der Waals surface area contributed by atoms with Gasteiger partial charge >= 0.3 is 41.8 Å². The normalized spacial score (nSPS) is 30.7. The summed E-state index contributed by atoms with van der Waals surface area (Å²) in [7, 11) is 2.89. The molecular weight excluding hydrogens is 904 g/mol. The van der Waals surface area contributed by atoms with E-state index in [2.05, 4.69) is 0 Å². The van der Waals surface area contributed by atoms with Crippen molar-refractivity contribution >= 4 is 41.8 Å². The van der Waals surface area contributed by atoms with Gasteiger partial charge in [0.25, 0.3) is 0 Å². The summed E-state index contributed by atoms with van der Waals surface area (Å²) in [5.74, 6) is -4.55. The Balaban J connectivity index is 1.27. The lowest BCUT2D eigenvalue weighted by Gasteiger charge is -2.46. The Morgan fingerprint density at radius 3 is 1.41 bits per heavy atom. The Kier molecular flexibility index (Phi) is 16.9. The van der Waals surface area contributed by atoms with Gasteiger partial charge in [0.05, 0.1) is 52.4 Å². The number of carbonyl (C=O) groups excluding carboxylic acids is 7. The number of ether oxygens (including phenoxy) is 15. The van der Waals surface area contributed by atoms with Gasteiger partial charge in [-0.15, -0.1) is 0 Å². The average molecular weight is 961 g/mol. The summed E-state index contributed by atoms with van der Waals surface area (Å²) in [6.07, 6.45) is -15.1. The molecule has 22 nitrogen and oxygen atoms in total. The van der Waals surface area contributed by atoms with Gasteiger partial charge in [-0.3, -0.25) is 33.6 Å². The summed E-state index contributed by atoms with van der Waals surface area (Å²) in [5.41, 5.74) is 1.54. The molecule has 0 radical (unpaired) electrons. The topological polar surface area (TPSA) is 258 Å². The minimum Gasteiger partial charge on any atom is -0.493 e. The fraction of sp³-hybridized carbons (Fsp3) is 0.587. The van der Waals surface area contributed by atoms with Gasteiger partial charge in [-0.05, 0) is 42.3 Å². The first-order valence-corrected chi connectivity index (χ1v) is 21.7. The number of carbonyl (C=O) groups is 7. The maximum atomic E-state index is 12.7. The van der Waals surface area contributed by atoms with Crippen molar-refractivity contribution in [1.29, 1.82) is 0 Å². The highest BCUT2D eigenvalue weighted by Gasteiger charge is 2.56. The molecule has 4 fully saturated rings. The lowest BCUT2D eigenvalue weighted by atomic mass is 9.85. The second-order valence-corrected chi connectivity index (χ2v) is 16.4. The van der Waals surface area contributed by atoms with Crippen LogP contribution in [-0.4, -0.2) is 137 Å². The summed E-state index contributed by atoms with van der Waals surface area (Å²) < 4.78 is 87.5. The fourth-order valence-corrected chi connectivity index (χ4v) is 8.80. The third-order valence-corrected chi connectivity index (χ3v) is 11.3. The van der Waals surface area contributed by atoms with E-state index >= 15 is 0 Å². The zero-order valence-corrected chi connectivity index (χ0v) is 39.1. The van der Waals surface area contributed by atoms with Crippen molar-refractivity contribution in [3.63, 3.8) is 0 Å². The van der Waals surface area contributed by atoms with Crippen LogP contribution in [0, 0.1) is 11.8 Å². The molecule has 22 heteroatoms. The molecule has 0 saturated carbocycles. The number of hydrogen-bond acceptors (Lipinski definition) is 22. The highest BCUT2D eigenvalue weighted by Crippen LogP contribution is 2.52. The lowest BCUT2D eigenvalue weighted by molar-refractivity contribution is -0.323. The van der Waals surface area contributed by atoms with Crippen LogP contribution in [0.4, 0.5) is 0 Å². The standard InChI is InChI=1S/C46H56O22/c1-20-37(61-22(3)48)41(63-24(5)50)43(65-26(7)52)45(59-20)58-19-36-40(62-23(4)49)42(64-25(6)51)44(66-27(8)53)46(68-36)67-33-14-12-29(16-35(33)55-10)39-31-18-56-38(30(31)17-57-39)28-11-13-32(60-21(2)47)34(15-28)54-9/h11-16,20,30-31,36-46H,17-19H2,1-10H3/t20-,30-,31-,36+,37-,38+,39-,40+,41+,42-,43+,44+,45+,46+/m0/s1. The monoisotopic (exact) mass is 960 g/mol. The molecule has 4 aliphatic rings. The van der Waals surface area contributed by atoms with Crippen molar-refractivity contribution in [2.45, 2.75) is 129 Å². The number of methoxy groups -OCH3 is 2. The van der Waals surface area contributed by atoms with Crippen LogP contribution in [0.1, 0.15) is 78.7 Å². The predicted molar refractivity (Wildman–Crippen MR) is 225 cm³/mol. The van der Waals surface area contributed by atoms with E-state index in [4.69, 9.17) is 71.1 Å². The quantitative estimate of drug-likeness (QED) is 0.133. The van der Waals surface area contributed by atoms with Gasteiger partial charge in [0.15, 0.2) is 59.8 Å². The van der Waals surface area contributed by atoms with E-state index in [0.29, 0.717) is 19.0 Å². The van der Waals surface area contributed by atoms with Crippen LogP contribution in [-0.2, 0) is 85.7 Å². The van der Waals surface area contributed by atoms with Crippen molar-refractivity contribution in [3.8, 4) is 23.0 Å². The molecule has 4 aliphatic heterocycles. The average Bonchev–Trinajstić information content (AvgIpc) is 3.87. The molecule has 4 saturated heterocycles. The van der Waals surface area contributed by atoms with Crippen LogP contribution in [0.15, 0.2) is 36.4 Å². The third kappa shape index (κ3) is 12.1. The highest BCUT2D eigenvalue weighted by molar-refractivity contribution is 5.71. The Morgan fingerprint density at radius 2 is 0.926 bits per heavy atom. The van der Waals surface area contributed by atoms with Crippen LogP contribution in [0.3, 0.4) is 0 Å². The molecule has 0 N–H and O–H groups in total. The van der Waals surface area contributed by atoms with Gasteiger partial charge in [-0.2, -0.15) is 0 Å². The Labute approximate surface area is 391 Å². The van der Waals surface area contributed by atoms with Gasteiger partial charge in [-0.25, -0.2) is 0 Å². The minimum atomic E-state index is -1.61. The first-order valence-electron chi connectivity index (χ1n) is 21.7. The molecule has 14 atom stereocenters. The molecule has 0 unspecified atom stereocenters. The van der Waals surface area contributed by atoms with Crippen LogP contribution < -0.4 is 18.9 Å². The molecule has 0 aromatic heterocycles. The van der Waals surface area contributed by atoms with Gasteiger partial charge in [-0.1, -0.05) is 12.1 Å². The largest absolute Gasteiger partial charge is 0.493 e. The van der Waals surface area contributed by atoms with Crippen molar-refractivity contribution in [3.05, 3.63) is 47.5 Å². The van der Waals surface area contributed by atoms with Gasteiger partial charge in [0, 0.05) is 60.3 Å². The van der Waals surface area contributed by atoms with E-state index in [1.807, 2.05) is 6.07 Å². The fourth-order valence-electron chi connectivity index (χ4n) is 8.80. The SMILES string of the molecule is COc1cc([C@H]2OC[C@H]3[C@@H]2CO[C@H]3c2ccc(O[C@@H]3O[C@H](CO[C@@H]4O[C@@H](C)[C@H](OC(C)=O)[C@@H](OC(C)=O)[C@H]4OC(C)=O)[C@@H](OC(C)=O)[C@H](OC(C)=O)[C@H]3OC(C)=O)c(OC)c2)ccc1OC(C)=O. The van der Waals surface area contributed by atoms with E-state index in [1.54, 1.807) is 30.3 Å². The molecule has 6 rings (SSSR count). The van der Waals surface area contributed by atoms with Crippen LogP contribution in [0.2, 0.25) is 0 Å². The van der Waals surface area contributed by atoms with Crippen molar-refractivity contribution in [1.82, 2.24) is 0 Å². The third-order valence-electron chi connectivity index (χ3n) is 11.3. The molecule has 2 aromatic carbocycles. The first kappa shape index (κ1) is 51.3. The summed E-state index contributed by atoms with van der Waals surface area (Å²) in [6, 6.07) is 10.3. The van der Waals surface area contributed by atoms with Gasteiger partial charge in [0.2, 0.25) is 12.4 Å². The van der Waals surface area contributed by atoms with Crippen molar-refractivity contribution in [2.75, 3.05) is 34.0 Å². The molecular formula is C46H56O22. The van der Waals surface area contributed by atoms with Gasteiger partial charge < -0.3 is 71.1 Å². The molecule has 0 aliphatic carbocycles. The van der Waals surface area contributed by atoms with Gasteiger partial charge in [0.1, 0.15) is 6.10 Å². The number of hydrogen-bond donors (Lipinski definition) is 0. The zero-order valence-electron chi connectivity index (χ0n) is 39.1. The highest BCUT2D eigenvalue weighted by atomic mass is 16.8. The Hall–Kier alpha value is -6.07. The van der Waals surface area contributed by atoms with Crippen molar-refractivity contribution < 1.29 is 105 Å². The second-order valence-electron chi connectivity index (χ2n) is 16.4. The molecule has 0 spiro atoms. The number of fused-ring (bicyclic) bond motifs is 1. The van der Waals surface area contributed by atoms with E-state index in [-0.39, 0.29) is 35.2 Å². The summed E-state index contributed by atoms with van der Waals surface area (Å²) in [6.45, 7) is 9.59. The first-order chi connectivity index (χ1) is 32.3. The van der Waals surface area contributed by atoms with E-state index in [0.717, 1.165) is 52.7 Å². The number of rotatable bonds is 16. The number of esters is 7. The minimum absolute atomic E-state index is 0.0526. The summed E-state index contributed by atoms with van der Waals surface area (Å²) >= 11 is 0. The maximum absolute atomic E-state index is 12.7. The maximum Gasteiger partial charge on any atom is 0.308 e. The lowest BCUT2D eigenvalue weighted by Crippen LogP contribution is -2.64. The molecule has 372 valence electrons. The zero-order chi connectivity index (χ0) is 49.6. The number of benzene rings is 2.